The smallest absolute Gasteiger partial charge is 0.0277 e. The molecule has 0 aromatic heterocycles. The normalized spacial score (nSPS) is 14.2. The maximum atomic E-state index is 4.21. The van der Waals surface area contributed by atoms with Crippen LogP contribution < -0.4 is 0 Å². The van der Waals surface area contributed by atoms with Crippen LogP contribution in [0.1, 0.15) is 27.2 Å². The second kappa shape index (κ2) is 6.30. The summed E-state index contributed by atoms with van der Waals surface area (Å²) in [5.41, 5.74) is 2.76. The summed E-state index contributed by atoms with van der Waals surface area (Å²) >= 11 is 4.21. The van der Waals surface area contributed by atoms with Gasteiger partial charge in [-0.25, -0.2) is 0 Å². The van der Waals surface area contributed by atoms with E-state index in [0.717, 1.165) is 12.2 Å². The molecule has 0 unspecified atom stereocenters. The lowest BCUT2D eigenvalue weighted by Crippen LogP contribution is -2.00. The van der Waals surface area contributed by atoms with E-state index in [1.165, 1.54) is 11.1 Å². The molecule has 1 nitrogen and oxygen atoms in total. The number of hydrogen-bond acceptors (Lipinski definition) is 2. The molecule has 0 radical (unpaired) electrons. The van der Waals surface area contributed by atoms with E-state index in [1.54, 1.807) is 0 Å². The van der Waals surface area contributed by atoms with E-state index < -0.39 is 0 Å². The zero-order valence-electron chi connectivity index (χ0n) is 8.46. The number of allylic oxidation sites excluding steroid dienone is 2. The van der Waals surface area contributed by atoms with Crippen LogP contribution in [0, 0.1) is 5.92 Å². The molecule has 2 heteroatoms. The molecule has 0 aliphatic carbocycles. The van der Waals surface area contributed by atoms with E-state index in [1.807, 2.05) is 13.3 Å². The number of rotatable bonds is 4. The average molecular weight is 185 g/mol. The third-order valence-corrected chi connectivity index (χ3v) is 2.09. The van der Waals surface area contributed by atoms with E-state index in [0.29, 0.717) is 5.92 Å². The molecule has 0 fully saturated rings. The zero-order chi connectivity index (χ0) is 9.56. The molecule has 0 heterocycles. The first-order valence-electron chi connectivity index (χ1n) is 4.36. The molecular formula is C10H19NS. The van der Waals surface area contributed by atoms with Gasteiger partial charge in [-0.15, -0.1) is 0 Å². The Morgan fingerprint density at radius 2 is 2.08 bits per heavy atom. The Kier molecular flexibility index (Phi) is 6.17. The van der Waals surface area contributed by atoms with Crippen LogP contribution in [0.15, 0.2) is 16.1 Å². The predicted molar refractivity (Wildman–Crippen MR) is 60.4 cm³/mol. The summed E-state index contributed by atoms with van der Waals surface area (Å²) in [6, 6.07) is 0. The highest BCUT2D eigenvalue weighted by molar-refractivity contribution is 7.80. The van der Waals surface area contributed by atoms with Crippen molar-refractivity contribution in [3.63, 3.8) is 0 Å². The van der Waals surface area contributed by atoms with Crippen molar-refractivity contribution in [3.8, 4) is 0 Å². The molecule has 12 heavy (non-hydrogen) atoms. The van der Waals surface area contributed by atoms with E-state index in [-0.39, 0.29) is 0 Å². The van der Waals surface area contributed by atoms with Crippen LogP contribution in [0.5, 0.6) is 0 Å². The van der Waals surface area contributed by atoms with Gasteiger partial charge in [0.25, 0.3) is 0 Å². The second-order valence-corrected chi connectivity index (χ2v) is 3.70. The predicted octanol–water partition coefficient (Wildman–Crippen LogP) is 2.98. The monoisotopic (exact) mass is 185 g/mol. The highest BCUT2D eigenvalue weighted by Gasteiger charge is 2.03. The quantitative estimate of drug-likeness (QED) is 0.511. The lowest BCUT2D eigenvalue weighted by Gasteiger charge is -2.10. The Morgan fingerprint density at radius 3 is 2.42 bits per heavy atom. The number of thiol groups is 1. The fraction of sp³-hybridized carbons (Fsp3) is 0.700. The van der Waals surface area contributed by atoms with Crippen molar-refractivity contribution < 1.29 is 0 Å². The molecule has 0 spiro atoms. The van der Waals surface area contributed by atoms with Crippen LogP contribution in [0.4, 0.5) is 0 Å². The van der Waals surface area contributed by atoms with Gasteiger partial charge < -0.3 is 0 Å². The molecular weight excluding hydrogens is 166 g/mol. The SMILES string of the molecule is CN=C/C(=C(\C)CCS)C(C)C. The van der Waals surface area contributed by atoms with Gasteiger partial charge in [-0.1, -0.05) is 19.4 Å². The maximum absolute atomic E-state index is 4.21. The van der Waals surface area contributed by atoms with Crippen LogP contribution in [-0.4, -0.2) is 19.0 Å². The van der Waals surface area contributed by atoms with Gasteiger partial charge in [0, 0.05) is 13.3 Å². The third kappa shape index (κ3) is 3.96. The van der Waals surface area contributed by atoms with E-state index in [9.17, 15) is 0 Å². The van der Waals surface area contributed by atoms with Crippen LogP contribution in [-0.2, 0) is 0 Å². The average Bonchev–Trinajstić information content (AvgIpc) is 1.99. The van der Waals surface area contributed by atoms with Crippen LogP contribution in [0.2, 0.25) is 0 Å². The van der Waals surface area contributed by atoms with Crippen molar-refractivity contribution in [2.75, 3.05) is 12.8 Å². The Morgan fingerprint density at radius 1 is 1.50 bits per heavy atom. The van der Waals surface area contributed by atoms with E-state index in [4.69, 9.17) is 0 Å². The van der Waals surface area contributed by atoms with Crippen LogP contribution in [0.25, 0.3) is 0 Å². The largest absolute Gasteiger partial charge is 0.296 e. The minimum absolute atomic E-state index is 0.564. The number of aliphatic imine (C=N–C) groups is 1. The first-order chi connectivity index (χ1) is 5.63. The van der Waals surface area contributed by atoms with E-state index in [2.05, 4.69) is 38.4 Å². The molecule has 0 aliphatic heterocycles. The van der Waals surface area contributed by atoms with Crippen molar-refractivity contribution >= 4 is 18.8 Å². The van der Waals surface area contributed by atoms with Gasteiger partial charge in [0.2, 0.25) is 0 Å². The van der Waals surface area contributed by atoms with Gasteiger partial charge in [0.15, 0.2) is 0 Å². The highest BCUT2D eigenvalue weighted by Crippen LogP contribution is 2.15. The lowest BCUT2D eigenvalue weighted by atomic mass is 9.98. The summed E-state index contributed by atoms with van der Waals surface area (Å²) in [5, 5.41) is 0. The number of nitrogens with zero attached hydrogens (tertiary/aromatic N) is 1. The molecule has 0 saturated carbocycles. The zero-order valence-corrected chi connectivity index (χ0v) is 9.36. The maximum Gasteiger partial charge on any atom is 0.0277 e. The Hall–Kier alpha value is -0.240. The van der Waals surface area contributed by atoms with E-state index >= 15 is 0 Å². The molecule has 0 aromatic carbocycles. The Bertz CT molecular complexity index is 180. The molecule has 0 atom stereocenters. The van der Waals surface area contributed by atoms with Gasteiger partial charge >= 0.3 is 0 Å². The Labute approximate surface area is 81.4 Å². The molecule has 0 aromatic rings. The lowest BCUT2D eigenvalue weighted by molar-refractivity contribution is 0.787. The molecule has 0 aliphatic rings. The van der Waals surface area contributed by atoms with Crippen molar-refractivity contribution in [2.24, 2.45) is 10.9 Å². The molecule has 0 N–H and O–H groups in total. The summed E-state index contributed by atoms with van der Waals surface area (Å²) in [7, 11) is 1.82. The first-order valence-corrected chi connectivity index (χ1v) is 4.99. The molecule has 0 amide bonds. The van der Waals surface area contributed by atoms with Crippen molar-refractivity contribution in [2.45, 2.75) is 27.2 Å². The van der Waals surface area contributed by atoms with Crippen LogP contribution >= 0.6 is 12.6 Å². The van der Waals surface area contributed by atoms with Crippen molar-refractivity contribution in [1.82, 2.24) is 0 Å². The van der Waals surface area contributed by atoms with Crippen LogP contribution in [0.3, 0.4) is 0 Å². The summed E-state index contributed by atoms with van der Waals surface area (Å²) in [4.78, 5) is 4.05. The van der Waals surface area contributed by atoms with Crippen molar-refractivity contribution in [3.05, 3.63) is 11.1 Å². The molecule has 0 rings (SSSR count). The summed E-state index contributed by atoms with van der Waals surface area (Å²) in [6.07, 6.45) is 3.02. The fourth-order valence-corrected chi connectivity index (χ4v) is 1.54. The van der Waals surface area contributed by atoms with Gasteiger partial charge in [-0.3, -0.25) is 4.99 Å². The summed E-state index contributed by atoms with van der Waals surface area (Å²) < 4.78 is 0. The standard InChI is InChI=1S/C10H19NS/c1-8(2)10(7-11-4)9(3)5-6-12/h7-8,12H,5-6H2,1-4H3/b10-9-,11-7?. The van der Waals surface area contributed by atoms with Gasteiger partial charge in [-0.2, -0.15) is 12.6 Å². The fourth-order valence-electron chi connectivity index (χ4n) is 1.20. The molecule has 0 saturated heterocycles. The summed E-state index contributed by atoms with van der Waals surface area (Å²) in [6.45, 7) is 6.55. The van der Waals surface area contributed by atoms with Gasteiger partial charge in [0.1, 0.15) is 0 Å². The topological polar surface area (TPSA) is 12.4 Å². The molecule has 70 valence electrons. The second-order valence-electron chi connectivity index (χ2n) is 3.25. The minimum atomic E-state index is 0.564. The van der Waals surface area contributed by atoms with Crippen molar-refractivity contribution in [1.29, 1.82) is 0 Å². The molecule has 0 bridgehead atoms. The Balaban J connectivity index is 4.55. The van der Waals surface area contributed by atoms with Gasteiger partial charge in [0.05, 0.1) is 0 Å². The van der Waals surface area contributed by atoms with Gasteiger partial charge in [-0.05, 0) is 30.6 Å². The summed E-state index contributed by atoms with van der Waals surface area (Å²) in [5.74, 6) is 1.48. The third-order valence-electron chi connectivity index (χ3n) is 1.87. The highest BCUT2D eigenvalue weighted by atomic mass is 32.1. The number of hydrogen-bond donors (Lipinski definition) is 1. The minimum Gasteiger partial charge on any atom is -0.296 e. The first kappa shape index (κ1) is 11.8.